The third-order valence-corrected chi connectivity index (χ3v) is 2.01. The van der Waals surface area contributed by atoms with Crippen LogP contribution in [0.4, 0.5) is 0 Å². The Hall–Kier alpha value is -0.120. The van der Waals surface area contributed by atoms with E-state index in [1.54, 1.807) is 0 Å². The number of hydrogen-bond donors (Lipinski definition) is 2. The normalized spacial score (nSPS) is 11.5. The lowest BCUT2D eigenvalue weighted by Crippen LogP contribution is -2.31. The molecule has 0 aliphatic carbocycles. The van der Waals surface area contributed by atoms with Gasteiger partial charge in [0.2, 0.25) is 0 Å². The highest BCUT2D eigenvalue weighted by molar-refractivity contribution is 4.57. The molecule has 0 unspecified atom stereocenters. The van der Waals surface area contributed by atoms with Crippen LogP contribution < -0.4 is 10.6 Å². The Morgan fingerprint density at radius 1 is 1.15 bits per heavy atom. The minimum Gasteiger partial charge on any atom is -0.318 e. The molecule has 0 spiro atoms. The Labute approximate surface area is 82.9 Å². The van der Waals surface area contributed by atoms with Gasteiger partial charge in [-0.1, -0.05) is 13.8 Å². The molecule has 0 amide bonds. The molecule has 0 radical (unpaired) electrons. The van der Waals surface area contributed by atoms with Crippen molar-refractivity contribution in [3.05, 3.63) is 0 Å². The van der Waals surface area contributed by atoms with Gasteiger partial charge in [-0.25, -0.2) is 0 Å². The molecule has 3 heteroatoms. The molecule has 0 aliphatic rings. The van der Waals surface area contributed by atoms with Crippen molar-refractivity contribution in [2.45, 2.75) is 26.3 Å². The average Bonchev–Trinajstić information content (AvgIpc) is 2.08. The lowest BCUT2D eigenvalue weighted by molar-refractivity contribution is 0.326. The molecule has 3 nitrogen and oxygen atoms in total. The molecule has 2 N–H and O–H groups in total. The zero-order valence-electron chi connectivity index (χ0n) is 9.56. The predicted molar refractivity (Wildman–Crippen MR) is 59.2 cm³/mol. The van der Waals surface area contributed by atoms with E-state index in [9.17, 15) is 0 Å². The van der Waals surface area contributed by atoms with Gasteiger partial charge >= 0.3 is 0 Å². The number of nitrogens with one attached hydrogen (secondary N) is 2. The predicted octanol–water partition coefficient (Wildman–Crippen LogP) is 0.526. The molecule has 0 bridgehead atoms. The SMILES string of the molecule is CNCCN(C)CCCNC(C)C. The molecule has 0 aromatic heterocycles. The average molecular weight is 187 g/mol. The third-order valence-electron chi connectivity index (χ3n) is 2.01. The van der Waals surface area contributed by atoms with E-state index < -0.39 is 0 Å². The Morgan fingerprint density at radius 2 is 1.85 bits per heavy atom. The largest absolute Gasteiger partial charge is 0.318 e. The maximum Gasteiger partial charge on any atom is 0.0104 e. The monoisotopic (exact) mass is 187 g/mol. The summed E-state index contributed by atoms with van der Waals surface area (Å²) in [6.45, 7) is 8.89. The van der Waals surface area contributed by atoms with Gasteiger partial charge in [0.1, 0.15) is 0 Å². The topological polar surface area (TPSA) is 27.3 Å². The van der Waals surface area contributed by atoms with Crippen LogP contribution in [0.25, 0.3) is 0 Å². The summed E-state index contributed by atoms with van der Waals surface area (Å²) in [5.41, 5.74) is 0. The smallest absolute Gasteiger partial charge is 0.0104 e. The van der Waals surface area contributed by atoms with E-state index in [2.05, 4.69) is 36.4 Å². The summed E-state index contributed by atoms with van der Waals surface area (Å²) in [6.07, 6.45) is 1.23. The molecule has 0 atom stereocenters. The number of rotatable bonds is 8. The van der Waals surface area contributed by atoms with Crippen LogP contribution in [0.5, 0.6) is 0 Å². The van der Waals surface area contributed by atoms with Gasteiger partial charge < -0.3 is 15.5 Å². The summed E-state index contributed by atoms with van der Waals surface area (Å²) in [7, 11) is 4.17. The molecule has 0 aromatic carbocycles. The summed E-state index contributed by atoms with van der Waals surface area (Å²) in [4.78, 5) is 2.36. The zero-order valence-corrected chi connectivity index (χ0v) is 9.56. The first-order chi connectivity index (χ1) is 6.16. The van der Waals surface area contributed by atoms with E-state index >= 15 is 0 Å². The van der Waals surface area contributed by atoms with Gasteiger partial charge in [-0.05, 0) is 33.6 Å². The molecule has 0 heterocycles. The molecule has 0 fully saturated rings. The maximum atomic E-state index is 3.41. The zero-order chi connectivity index (χ0) is 10.1. The van der Waals surface area contributed by atoms with E-state index in [-0.39, 0.29) is 0 Å². The molecule has 13 heavy (non-hydrogen) atoms. The first kappa shape index (κ1) is 12.9. The molecule has 0 rings (SSSR count). The number of likely N-dealkylation sites (N-methyl/N-ethyl adjacent to an activating group) is 2. The summed E-state index contributed by atoms with van der Waals surface area (Å²) in [5, 5.41) is 6.56. The summed E-state index contributed by atoms with van der Waals surface area (Å²) >= 11 is 0. The van der Waals surface area contributed by atoms with Crippen molar-refractivity contribution < 1.29 is 0 Å². The van der Waals surface area contributed by atoms with Gasteiger partial charge in [0.25, 0.3) is 0 Å². The fourth-order valence-electron chi connectivity index (χ4n) is 1.15. The van der Waals surface area contributed by atoms with E-state index in [4.69, 9.17) is 0 Å². The van der Waals surface area contributed by atoms with Crippen molar-refractivity contribution in [2.75, 3.05) is 40.3 Å². The molecule has 80 valence electrons. The van der Waals surface area contributed by atoms with Crippen LogP contribution in [-0.2, 0) is 0 Å². The summed E-state index contributed by atoms with van der Waals surface area (Å²) in [6, 6.07) is 0.614. The van der Waals surface area contributed by atoms with E-state index in [1.807, 2.05) is 7.05 Å². The lowest BCUT2D eigenvalue weighted by atomic mass is 10.3. The second-order valence-electron chi connectivity index (χ2n) is 3.87. The Morgan fingerprint density at radius 3 is 2.38 bits per heavy atom. The van der Waals surface area contributed by atoms with Crippen LogP contribution in [0.3, 0.4) is 0 Å². The van der Waals surface area contributed by atoms with Crippen LogP contribution in [0, 0.1) is 0 Å². The van der Waals surface area contributed by atoms with Crippen molar-refractivity contribution >= 4 is 0 Å². The van der Waals surface area contributed by atoms with Gasteiger partial charge in [0.15, 0.2) is 0 Å². The second kappa shape index (κ2) is 8.48. The number of hydrogen-bond acceptors (Lipinski definition) is 3. The number of nitrogens with zero attached hydrogens (tertiary/aromatic N) is 1. The standard InChI is InChI=1S/C10H25N3/c1-10(2)12-6-5-8-13(4)9-7-11-3/h10-12H,5-9H2,1-4H3. The van der Waals surface area contributed by atoms with Gasteiger partial charge in [-0.15, -0.1) is 0 Å². The van der Waals surface area contributed by atoms with Crippen molar-refractivity contribution in [1.29, 1.82) is 0 Å². The quantitative estimate of drug-likeness (QED) is 0.543. The van der Waals surface area contributed by atoms with E-state index in [0.717, 1.165) is 19.6 Å². The molecule has 0 saturated heterocycles. The second-order valence-corrected chi connectivity index (χ2v) is 3.87. The first-order valence-electron chi connectivity index (χ1n) is 5.23. The highest BCUT2D eigenvalue weighted by Gasteiger charge is 1.97. The van der Waals surface area contributed by atoms with Crippen LogP contribution >= 0.6 is 0 Å². The van der Waals surface area contributed by atoms with Crippen molar-refractivity contribution in [2.24, 2.45) is 0 Å². The maximum absolute atomic E-state index is 3.41. The van der Waals surface area contributed by atoms with Crippen molar-refractivity contribution in [3.8, 4) is 0 Å². The Bertz CT molecular complexity index is 104. The molecule has 0 aliphatic heterocycles. The van der Waals surface area contributed by atoms with E-state index in [1.165, 1.54) is 13.0 Å². The first-order valence-corrected chi connectivity index (χ1v) is 5.23. The fourth-order valence-corrected chi connectivity index (χ4v) is 1.15. The molecular formula is C10H25N3. The Balaban J connectivity index is 3.12. The summed E-state index contributed by atoms with van der Waals surface area (Å²) in [5.74, 6) is 0. The minimum atomic E-state index is 0.614. The van der Waals surface area contributed by atoms with Gasteiger partial charge in [0.05, 0.1) is 0 Å². The van der Waals surface area contributed by atoms with Crippen LogP contribution in [0.1, 0.15) is 20.3 Å². The van der Waals surface area contributed by atoms with Gasteiger partial charge in [-0.3, -0.25) is 0 Å². The van der Waals surface area contributed by atoms with Crippen LogP contribution in [-0.4, -0.2) is 51.2 Å². The minimum absolute atomic E-state index is 0.614. The van der Waals surface area contributed by atoms with Gasteiger partial charge in [-0.2, -0.15) is 0 Å². The van der Waals surface area contributed by atoms with Crippen molar-refractivity contribution in [1.82, 2.24) is 15.5 Å². The molecule has 0 saturated carbocycles. The van der Waals surface area contributed by atoms with E-state index in [0.29, 0.717) is 6.04 Å². The molecular weight excluding hydrogens is 162 g/mol. The summed E-state index contributed by atoms with van der Waals surface area (Å²) < 4.78 is 0. The highest BCUT2D eigenvalue weighted by atomic mass is 15.1. The lowest BCUT2D eigenvalue weighted by Gasteiger charge is -2.16. The Kier molecular flexibility index (Phi) is 8.40. The third kappa shape index (κ3) is 9.80. The fraction of sp³-hybridized carbons (Fsp3) is 1.00. The highest BCUT2D eigenvalue weighted by Crippen LogP contribution is 1.86. The van der Waals surface area contributed by atoms with Gasteiger partial charge in [0, 0.05) is 19.1 Å². The molecule has 0 aromatic rings. The van der Waals surface area contributed by atoms with Crippen molar-refractivity contribution in [3.63, 3.8) is 0 Å². The van der Waals surface area contributed by atoms with Crippen LogP contribution in [0.2, 0.25) is 0 Å². The van der Waals surface area contributed by atoms with Crippen LogP contribution in [0.15, 0.2) is 0 Å².